The smallest absolute Gasteiger partial charge is 0.154 e. The molecule has 2 nitrogen and oxygen atoms in total. The minimum absolute atomic E-state index is 0.0326. The molecule has 1 aliphatic rings. The molecule has 0 radical (unpaired) electrons. The van der Waals surface area contributed by atoms with E-state index in [9.17, 15) is 5.11 Å². The summed E-state index contributed by atoms with van der Waals surface area (Å²) in [6, 6.07) is 2.09. The average Bonchev–Trinajstić information content (AvgIpc) is 2.03. The Hall–Kier alpha value is -0.550. The molecule has 1 rings (SSSR count). The summed E-state index contributed by atoms with van der Waals surface area (Å²) < 4.78 is 0. The number of aliphatic hydroxyl groups is 1. The van der Waals surface area contributed by atoms with Gasteiger partial charge in [-0.05, 0) is 24.7 Å². The highest BCUT2D eigenvalue weighted by molar-refractivity contribution is 5.09. The predicted octanol–water partition coefficient (Wildman–Crippen LogP) is 2.48. The molecule has 2 atom stereocenters. The maximum atomic E-state index is 10.1. The van der Waals surface area contributed by atoms with Crippen LogP contribution in [0.1, 0.15) is 46.5 Å². The largest absolute Gasteiger partial charge is 0.375 e. The van der Waals surface area contributed by atoms with Gasteiger partial charge in [-0.25, -0.2) is 0 Å². The molecule has 0 aromatic carbocycles. The number of nitriles is 1. The molecule has 0 amide bonds. The highest BCUT2D eigenvalue weighted by Crippen LogP contribution is 2.43. The van der Waals surface area contributed by atoms with Gasteiger partial charge in [0.15, 0.2) is 5.60 Å². The van der Waals surface area contributed by atoms with Crippen LogP contribution in [0.15, 0.2) is 0 Å². The zero-order chi connectivity index (χ0) is 10.1. The van der Waals surface area contributed by atoms with Crippen LogP contribution in [0.25, 0.3) is 0 Å². The summed E-state index contributed by atoms with van der Waals surface area (Å²) in [6.07, 6.45) is 3.75. The van der Waals surface area contributed by atoms with Crippen LogP contribution >= 0.6 is 0 Å². The molecule has 2 heteroatoms. The van der Waals surface area contributed by atoms with Crippen LogP contribution in [-0.2, 0) is 0 Å². The van der Waals surface area contributed by atoms with Crippen molar-refractivity contribution >= 4 is 0 Å². The molecule has 1 saturated carbocycles. The summed E-state index contributed by atoms with van der Waals surface area (Å²) in [4.78, 5) is 0. The lowest BCUT2D eigenvalue weighted by atomic mass is 9.64. The van der Waals surface area contributed by atoms with Gasteiger partial charge in [-0.1, -0.05) is 27.2 Å². The van der Waals surface area contributed by atoms with E-state index >= 15 is 0 Å². The Bertz CT molecular complexity index is 223. The number of hydrogen-bond donors (Lipinski definition) is 1. The maximum Gasteiger partial charge on any atom is 0.154 e. The Labute approximate surface area is 80.6 Å². The first-order valence-corrected chi connectivity index (χ1v) is 5.04. The Kier molecular flexibility index (Phi) is 2.68. The van der Waals surface area contributed by atoms with Gasteiger partial charge in [0.1, 0.15) is 0 Å². The topological polar surface area (TPSA) is 44.0 Å². The Morgan fingerprint density at radius 1 is 1.38 bits per heavy atom. The van der Waals surface area contributed by atoms with Crippen molar-refractivity contribution in [2.75, 3.05) is 0 Å². The predicted molar refractivity (Wildman–Crippen MR) is 52.0 cm³/mol. The first-order valence-electron chi connectivity index (χ1n) is 5.04. The van der Waals surface area contributed by atoms with Gasteiger partial charge in [0, 0.05) is 5.92 Å². The van der Waals surface area contributed by atoms with Crippen LogP contribution in [0.4, 0.5) is 0 Å². The van der Waals surface area contributed by atoms with Crippen molar-refractivity contribution in [3.05, 3.63) is 0 Å². The van der Waals surface area contributed by atoms with Gasteiger partial charge < -0.3 is 5.11 Å². The monoisotopic (exact) mass is 181 g/mol. The first kappa shape index (κ1) is 10.5. The van der Waals surface area contributed by atoms with Gasteiger partial charge in [-0.2, -0.15) is 5.26 Å². The fourth-order valence-electron chi connectivity index (χ4n) is 2.44. The average molecular weight is 181 g/mol. The highest BCUT2D eigenvalue weighted by atomic mass is 16.3. The van der Waals surface area contributed by atoms with Crippen molar-refractivity contribution in [2.45, 2.75) is 52.1 Å². The number of rotatable bonds is 0. The lowest BCUT2D eigenvalue weighted by molar-refractivity contribution is -0.0462. The fraction of sp³-hybridized carbons (Fsp3) is 0.909. The SMILES string of the molecule is CC(C)(C)C1CCCCC1(O)C#N. The molecule has 74 valence electrons. The highest BCUT2D eigenvalue weighted by Gasteiger charge is 2.45. The summed E-state index contributed by atoms with van der Waals surface area (Å²) in [5, 5.41) is 19.1. The summed E-state index contributed by atoms with van der Waals surface area (Å²) in [5.41, 5.74) is -1.04. The molecule has 1 fully saturated rings. The van der Waals surface area contributed by atoms with E-state index in [0.717, 1.165) is 19.3 Å². The maximum absolute atomic E-state index is 10.1. The molecule has 13 heavy (non-hydrogen) atoms. The molecule has 0 heterocycles. The van der Waals surface area contributed by atoms with Crippen LogP contribution in [0, 0.1) is 22.7 Å². The molecule has 0 spiro atoms. The third-order valence-corrected chi connectivity index (χ3v) is 3.12. The van der Waals surface area contributed by atoms with Crippen molar-refractivity contribution in [3.8, 4) is 6.07 Å². The number of nitrogens with zero attached hydrogens (tertiary/aromatic N) is 1. The molecular formula is C11H19NO. The van der Waals surface area contributed by atoms with Gasteiger partial charge in [0.2, 0.25) is 0 Å². The van der Waals surface area contributed by atoms with E-state index in [1.165, 1.54) is 0 Å². The van der Waals surface area contributed by atoms with Gasteiger partial charge >= 0.3 is 0 Å². The molecule has 0 aliphatic heterocycles. The number of hydrogen-bond acceptors (Lipinski definition) is 2. The molecule has 1 N–H and O–H groups in total. The molecule has 2 unspecified atom stereocenters. The Morgan fingerprint density at radius 2 is 2.00 bits per heavy atom. The summed E-state index contributed by atoms with van der Waals surface area (Å²) >= 11 is 0. The van der Waals surface area contributed by atoms with E-state index in [1.54, 1.807) is 0 Å². The minimum Gasteiger partial charge on any atom is -0.375 e. The van der Waals surface area contributed by atoms with Gasteiger partial charge in [-0.15, -0.1) is 0 Å². The van der Waals surface area contributed by atoms with Crippen molar-refractivity contribution in [2.24, 2.45) is 11.3 Å². The third-order valence-electron chi connectivity index (χ3n) is 3.12. The molecule has 1 aliphatic carbocycles. The Balaban J connectivity index is 2.87. The Morgan fingerprint density at radius 3 is 2.38 bits per heavy atom. The lowest BCUT2D eigenvalue weighted by Gasteiger charge is -2.42. The fourth-order valence-corrected chi connectivity index (χ4v) is 2.44. The molecule has 0 aromatic rings. The van der Waals surface area contributed by atoms with Crippen LogP contribution < -0.4 is 0 Å². The van der Waals surface area contributed by atoms with Crippen LogP contribution in [0.3, 0.4) is 0 Å². The van der Waals surface area contributed by atoms with E-state index < -0.39 is 5.60 Å². The zero-order valence-corrected chi connectivity index (χ0v) is 8.80. The van der Waals surface area contributed by atoms with E-state index in [0.29, 0.717) is 6.42 Å². The normalized spacial score (nSPS) is 35.5. The standard InChI is InChI=1S/C11H19NO/c1-10(2,3)9-6-4-5-7-11(9,13)8-12/h9,13H,4-7H2,1-3H3. The second-order valence-electron chi connectivity index (χ2n) is 5.20. The van der Waals surface area contributed by atoms with E-state index in [-0.39, 0.29) is 11.3 Å². The molecule has 0 saturated heterocycles. The third kappa shape index (κ3) is 2.03. The molecule has 0 aromatic heterocycles. The van der Waals surface area contributed by atoms with Crippen LogP contribution in [-0.4, -0.2) is 10.7 Å². The van der Waals surface area contributed by atoms with Gasteiger partial charge in [0.25, 0.3) is 0 Å². The second kappa shape index (κ2) is 3.31. The minimum atomic E-state index is -1.07. The van der Waals surface area contributed by atoms with E-state index in [4.69, 9.17) is 5.26 Å². The van der Waals surface area contributed by atoms with Crippen molar-refractivity contribution in [1.82, 2.24) is 0 Å². The van der Waals surface area contributed by atoms with Gasteiger partial charge in [0.05, 0.1) is 6.07 Å². The van der Waals surface area contributed by atoms with Crippen LogP contribution in [0.5, 0.6) is 0 Å². The van der Waals surface area contributed by atoms with Crippen LogP contribution in [0.2, 0.25) is 0 Å². The molecular weight excluding hydrogens is 162 g/mol. The summed E-state index contributed by atoms with van der Waals surface area (Å²) in [6.45, 7) is 6.31. The summed E-state index contributed by atoms with van der Waals surface area (Å²) in [5.74, 6) is 0.124. The first-order chi connectivity index (χ1) is 5.90. The van der Waals surface area contributed by atoms with Crippen molar-refractivity contribution in [3.63, 3.8) is 0 Å². The second-order valence-corrected chi connectivity index (χ2v) is 5.20. The van der Waals surface area contributed by atoms with E-state index in [2.05, 4.69) is 26.8 Å². The summed E-state index contributed by atoms with van der Waals surface area (Å²) in [7, 11) is 0. The lowest BCUT2D eigenvalue weighted by Crippen LogP contribution is -2.45. The van der Waals surface area contributed by atoms with Crippen molar-refractivity contribution in [1.29, 1.82) is 5.26 Å². The van der Waals surface area contributed by atoms with E-state index in [1.807, 2.05) is 0 Å². The van der Waals surface area contributed by atoms with Gasteiger partial charge in [-0.3, -0.25) is 0 Å². The quantitative estimate of drug-likeness (QED) is 0.583. The van der Waals surface area contributed by atoms with Crippen molar-refractivity contribution < 1.29 is 5.11 Å². The zero-order valence-electron chi connectivity index (χ0n) is 8.80. The molecule has 0 bridgehead atoms.